The van der Waals surface area contributed by atoms with Gasteiger partial charge in [0.25, 0.3) is 5.69 Å². The van der Waals surface area contributed by atoms with Crippen LogP contribution in [0.2, 0.25) is 5.02 Å². The van der Waals surface area contributed by atoms with Gasteiger partial charge in [0, 0.05) is 18.5 Å². The second-order valence-corrected chi connectivity index (χ2v) is 5.19. The normalized spacial score (nSPS) is 12.2. The van der Waals surface area contributed by atoms with E-state index in [-0.39, 0.29) is 29.1 Å². The molecule has 1 aromatic rings. The van der Waals surface area contributed by atoms with Crippen LogP contribution in [0.4, 0.5) is 5.69 Å². The number of non-ortho nitro benzene ring substituents is 1. The second-order valence-electron chi connectivity index (χ2n) is 4.79. The van der Waals surface area contributed by atoms with E-state index in [9.17, 15) is 14.9 Å². The minimum atomic E-state index is -0.532. The molecule has 1 aromatic carbocycles. The lowest BCUT2D eigenvalue weighted by Crippen LogP contribution is -2.45. The number of carbonyl (C=O) groups excluding carboxylic acids is 1. The molecule has 116 valence electrons. The van der Waals surface area contributed by atoms with Gasteiger partial charge in [-0.3, -0.25) is 14.9 Å². The third-order valence-electron chi connectivity index (χ3n) is 2.67. The van der Waals surface area contributed by atoms with Crippen LogP contribution >= 0.6 is 11.6 Å². The summed E-state index contributed by atoms with van der Waals surface area (Å²) in [5.41, 5.74) is 5.18. The number of carbonyl (C=O) groups is 1. The molecule has 7 nitrogen and oxygen atoms in total. The lowest BCUT2D eigenvalue weighted by atomic mass is 10.2. The number of benzene rings is 1. The number of nitro benzene ring substituents is 1. The van der Waals surface area contributed by atoms with E-state index >= 15 is 0 Å². The molecule has 0 aromatic heterocycles. The molecule has 0 saturated carbocycles. The number of hydrogen-bond donors (Lipinski definition) is 2. The van der Waals surface area contributed by atoms with E-state index in [1.165, 1.54) is 18.2 Å². The number of amides is 1. The summed E-state index contributed by atoms with van der Waals surface area (Å²) in [6, 6.07) is 3.51. The summed E-state index contributed by atoms with van der Waals surface area (Å²) < 4.78 is 5.41. The Balaban J connectivity index is 2.64. The van der Waals surface area contributed by atoms with Crippen molar-refractivity contribution in [3.63, 3.8) is 0 Å². The summed E-state index contributed by atoms with van der Waals surface area (Å²) in [5.74, 6) is -0.268. The first kappa shape index (κ1) is 17.2. The number of nitro groups is 1. The van der Waals surface area contributed by atoms with E-state index in [4.69, 9.17) is 22.1 Å². The molecule has 1 atom stereocenters. The van der Waals surface area contributed by atoms with Crippen molar-refractivity contribution in [1.29, 1.82) is 0 Å². The average Bonchev–Trinajstić information content (AvgIpc) is 2.38. The molecule has 3 N–H and O–H groups in total. The van der Waals surface area contributed by atoms with Crippen LogP contribution in [-0.2, 0) is 4.79 Å². The molecule has 0 saturated heterocycles. The van der Waals surface area contributed by atoms with Crippen LogP contribution < -0.4 is 15.8 Å². The van der Waals surface area contributed by atoms with Crippen molar-refractivity contribution in [3.8, 4) is 5.75 Å². The summed E-state index contributed by atoms with van der Waals surface area (Å²) in [6.07, 6.45) is 0.340. The van der Waals surface area contributed by atoms with Gasteiger partial charge < -0.3 is 15.8 Å². The number of hydrogen-bond acceptors (Lipinski definition) is 5. The van der Waals surface area contributed by atoms with E-state index in [0.29, 0.717) is 6.42 Å². The molecule has 0 bridgehead atoms. The lowest BCUT2D eigenvalue weighted by molar-refractivity contribution is -0.384. The molecule has 0 spiro atoms. The topological polar surface area (TPSA) is 107 Å². The van der Waals surface area contributed by atoms with Crippen LogP contribution in [-0.4, -0.2) is 29.5 Å². The summed E-state index contributed by atoms with van der Waals surface area (Å²) in [7, 11) is 0. The van der Waals surface area contributed by atoms with Crippen molar-refractivity contribution in [2.45, 2.75) is 32.4 Å². The maximum atomic E-state index is 11.3. The van der Waals surface area contributed by atoms with Gasteiger partial charge in [0.15, 0.2) is 0 Å². The van der Waals surface area contributed by atoms with Gasteiger partial charge in [-0.15, -0.1) is 0 Å². The fraction of sp³-hybridized carbons (Fsp3) is 0.462. The van der Waals surface area contributed by atoms with Crippen LogP contribution in [0.1, 0.15) is 20.3 Å². The summed E-state index contributed by atoms with van der Waals surface area (Å²) in [5, 5.41) is 14.0. The highest BCUT2D eigenvalue weighted by Crippen LogP contribution is 2.28. The van der Waals surface area contributed by atoms with Crippen LogP contribution in [0.5, 0.6) is 5.75 Å². The molecule has 1 unspecified atom stereocenters. The highest BCUT2D eigenvalue weighted by atomic mass is 35.5. The van der Waals surface area contributed by atoms with Gasteiger partial charge in [0.05, 0.1) is 28.7 Å². The Bertz CT molecular complexity index is 522. The molecule has 0 radical (unpaired) electrons. The quantitative estimate of drug-likeness (QED) is 0.562. The summed E-state index contributed by atoms with van der Waals surface area (Å²) in [6.45, 7) is 3.96. The number of nitrogens with two attached hydrogens (primary N) is 1. The number of ether oxygens (including phenoxy) is 1. The third-order valence-corrected chi connectivity index (χ3v) is 2.98. The predicted octanol–water partition coefficient (Wildman–Crippen LogP) is 1.87. The number of halogens is 1. The zero-order valence-electron chi connectivity index (χ0n) is 11.8. The van der Waals surface area contributed by atoms with Crippen LogP contribution in [0.15, 0.2) is 18.2 Å². The summed E-state index contributed by atoms with van der Waals surface area (Å²) >= 11 is 5.91. The Hall–Kier alpha value is -1.86. The first-order chi connectivity index (χ1) is 9.81. The van der Waals surface area contributed by atoms with Crippen LogP contribution in [0, 0.1) is 10.1 Å². The Kier molecular flexibility index (Phi) is 6.39. The zero-order chi connectivity index (χ0) is 16.0. The predicted molar refractivity (Wildman–Crippen MR) is 79.5 cm³/mol. The fourth-order valence-corrected chi connectivity index (χ4v) is 1.89. The molecule has 1 rings (SSSR count). The largest absolute Gasteiger partial charge is 0.492 e. The molecule has 0 aliphatic rings. The van der Waals surface area contributed by atoms with E-state index in [0.717, 1.165) is 0 Å². The smallest absolute Gasteiger partial charge is 0.273 e. The van der Waals surface area contributed by atoms with Crippen molar-refractivity contribution in [2.75, 3.05) is 6.61 Å². The van der Waals surface area contributed by atoms with E-state index < -0.39 is 16.9 Å². The van der Waals surface area contributed by atoms with Gasteiger partial charge in [0.1, 0.15) is 5.75 Å². The van der Waals surface area contributed by atoms with Crippen molar-refractivity contribution in [2.24, 2.45) is 5.73 Å². The number of nitrogens with zero attached hydrogens (tertiary/aromatic N) is 1. The first-order valence-electron chi connectivity index (χ1n) is 6.43. The molecule has 0 aliphatic heterocycles. The van der Waals surface area contributed by atoms with Gasteiger partial charge in [-0.05, 0) is 6.07 Å². The SMILES string of the molecule is CC(C)NC(CCOc1cc([N+](=O)[O-])ccc1Cl)C(N)=O. The molecule has 0 heterocycles. The molecule has 0 fully saturated rings. The molecule has 1 amide bonds. The Morgan fingerprint density at radius 3 is 2.71 bits per heavy atom. The fourth-order valence-electron chi connectivity index (χ4n) is 1.71. The molecule has 0 aliphatic carbocycles. The molecular weight excluding hydrogens is 298 g/mol. The van der Waals surface area contributed by atoms with Crippen molar-refractivity contribution in [3.05, 3.63) is 33.3 Å². The Morgan fingerprint density at radius 1 is 1.52 bits per heavy atom. The minimum absolute atomic E-state index is 0.101. The highest BCUT2D eigenvalue weighted by Gasteiger charge is 2.17. The Morgan fingerprint density at radius 2 is 2.19 bits per heavy atom. The van der Waals surface area contributed by atoms with E-state index in [2.05, 4.69) is 5.32 Å². The first-order valence-corrected chi connectivity index (χ1v) is 6.81. The van der Waals surface area contributed by atoms with Crippen LogP contribution in [0.3, 0.4) is 0 Å². The minimum Gasteiger partial charge on any atom is -0.492 e. The van der Waals surface area contributed by atoms with Gasteiger partial charge >= 0.3 is 0 Å². The number of nitrogens with one attached hydrogen (secondary N) is 1. The molecule has 8 heteroatoms. The van der Waals surface area contributed by atoms with Gasteiger partial charge in [-0.2, -0.15) is 0 Å². The number of primary amides is 1. The third kappa shape index (κ3) is 5.57. The van der Waals surface area contributed by atoms with Crippen molar-refractivity contribution in [1.82, 2.24) is 5.32 Å². The van der Waals surface area contributed by atoms with Gasteiger partial charge in [-0.1, -0.05) is 25.4 Å². The maximum Gasteiger partial charge on any atom is 0.273 e. The lowest BCUT2D eigenvalue weighted by Gasteiger charge is -2.18. The average molecular weight is 316 g/mol. The second kappa shape index (κ2) is 7.80. The van der Waals surface area contributed by atoms with Gasteiger partial charge in [-0.25, -0.2) is 0 Å². The number of rotatable bonds is 8. The Labute approximate surface area is 127 Å². The van der Waals surface area contributed by atoms with E-state index in [1.54, 1.807) is 0 Å². The standard InChI is InChI=1S/C13H18ClN3O4/c1-8(2)16-11(13(15)18)5-6-21-12-7-9(17(19)20)3-4-10(12)14/h3-4,7-8,11,16H,5-6H2,1-2H3,(H2,15,18). The van der Waals surface area contributed by atoms with Gasteiger partial charge in [0.2, 0.25) is 5.91 Å². The summed E-state index contributed by atoms with van der Waals surface area (Å²) in [4.78, 5) is 21.4. The maximum absolute atomic E-state index is 11.3. The van der Waals surface area contributed by atoms with Crippen molar-refractivity contribution >= 4 is 23.2 Å². The molecule has 21 heavy (non-hydrogen) atoms. The van der Waals surface area contributed by atoms with E-state index in [1.807, 2.05) is 13.8 Å². The molecular formula is C13H18ClN3O4. The highest BCUT2D eigenvalue weighted by molar-refractivity contribution is 6.32. The van der Waals surface area contributed by atoms with Crippen molar-refractivity contribution < 1.29 is 14.5 Å². The monoisotopic (exact) mass is 315 g/mol. The zero-order valence-corrected chi connectivity index (χ0v) is 12.6. The van der Waals surface area contributed by atoms with Crippen LogP contribution in [0.25, 0.3) is 0 Å².